The molecule has 0 aliphatic rings. The molecule has 1 atom stereocenters. The molecule has 0 aliphatic carbocycles. The van der Waals surface area contributed by atoms with E-state index < -0.39 is 35.4 Å². The van der Waals surface area contributed by atoms with E-state index >= 15 is 0 Å². The minimum Gasteiger partial charge on any atom is -0.458 e. The fraction of sp³-hybridized carbons (Fsp3) is 0.846. The van der Waals surface area contributed by atoms with E-state index in [1.807, 2.05) is 0 Å². The molecule has 0 aromatic rings. The van der Waals surface area contributed by atoms with Gasteiger partial charge in [0, 0.05) is 0 Å². The van der Waals surface area contributed by atoms with E-state index in [-0.39, 0.29) is 0 Å². The van der Waals surface area contributed by atoms with E-state index in [4.69, 9.17) is 9.47 Å². The quantitative estimate of drug-likeness (QED) is 0.764. The summed E-state index contributed by atoms with van der Waals surface area (Å²) in [5.74, 6) is -0.714. The Bertz CT molecular complexity index is 340. The number of aliphatic hydroxyl groups is 1. The van der Waals surface area contributed by atoms with Crippen molar-refractivity contribution in [3.05, 3.63) is 0 Å². The summed E-state index contributed by atoms with van der Waals surface area (Å²) < 4.78 is 10.2. The van der Waals surface area contributed by atoms with E-state index in [2.05, 4.69) is 5.32 Å². The Morgan fingerprint density at radius 2 is 1.37 bits per heavy atom. The van der Waals surface area contributed by atoms with Crippen LogP contribution in [-0.4, -0.2) is 40.5 Å². The van der Waals surface area contributed by atoms with Crippen molar-refractivity contribution in [1.82, 2.24) is 5.32 Å². The second-order valence-electron chi connectivity index (χ2n) is 6.62. The molecule has 1 amide bonds. The van der Waals surface area contributed by atoms with Gasteiger partial charge >= 0.3 is 12.1 Å². The summed E-state index contributed by atoms with van der Waals surface area (Å²) in [5, 5.41) is 11.7. The van der Waals surface area contributed by atoms with E-state index in [9.17, 15) is 14.7 Å². The Labute approximate surface area is 114 Å². The third kappa shape index (κ3) is 7.00. The van der Waals surface area contributed by atoms with Gasteiger partial charge in [0.1, 0.15) is 11.2 Å². The molecule has 2 N–H and O–H groups in total. The number of ether oxygens (including phenoxy) is 2. The maximum Gasteiger partial charge on any atom is 0.408 e. The molecule has 0 radical (unpaired) electrons. The molecular weight excluding hydrogens is 250 g/mol. The first kappa shape index (κ1) is 17.7. The lowest BCUT2D eigenvalue weighted by molar-refractivity contribution is -0.164. The molecule has 19 heavy (non-hydrogen) atoms. The molecule has 112 valence electrons. The van der Waals surface area contributed by atoms with Gasteiger partial charge in [-0.25, -0.2) is 9.59 Å². The molecule has 0 unspecified atom stereocenters. The van der Waals surface area contributed by atoms with E-state index in [1.54, 1.807) is 41.5 Å². The van der Waals surface area contributed by atoms with Crippen LogP contribution in [0.3, 0.4) is 0 Å². The van der Waals surface area contributed by atoms with Gasteiger partial charge in [-0.1, -0.05) is 0 Å². The Kier molecular flexibility index (Phi) is 5.38. The van der Waals surface area contributed by atoms with E-state index in [0.717, 1.165) is 0 Å². The van der Waals surface area contributed by atoms with Gasteiger partial charge in [0.25, 0.3) is 0 Å². The summed E-state index contributed by atoms with van der Waals surface area (Å²) in [6.07, 6.45) is -0.782. The lowest BCUT2D eigenvalue weighted by Crippen LogP contribution is -2.57. The average molecular weight is 275 g/mol. The summed E-state index contributed by atoms with van der Waals surface area (Å²) in [6, 6.07) is 0. The molecule has 0 saturated carbocycles. The van der Waals surface area contributed by atoms with Crippen LogP contribution in [0.2, 0.25) is 0 Å². The zero-order valence-electron chi connectivity index (χ0n) is 12.8. The summed E-state index contributed by atoms with van der Waals surface area (Å²) in [4.78, 5) is 23.6. The first-order valence-corrected chi connectivity index (χ1v) is 6.14. The van der Waals surface area contributed by atoms with Crippen LogP contribution in [0.25, 0.3) is 0 Å². The number of carbonyl (C=O) groups excluding carboxylic acids is 2. The topological polar surface area (TPSA) is 84.9 Å². The minimum atomic E-state index is -1.53. The van der Waals surface area contributed by atoms with E-state index in [0.29, 0.717) is 0 Å². The van der Waals surface area contributed by atoms with Crippen molar-refractivity contribution in [2.24, 2.45) is 0 Å². The van der Waals surface area contributed by atoms with Crippen LogP contribution < -0.4 is 5.32 Å². The maximum absolute atomic E-state index is 12.0. The Balaban J connectivity index is 4.79. The number of hydrogen-bond acceptors (Lipinski definition) is 5. The summed E-state index contributed by atoms with van der Waals surface area (Å²) in [5.41, 5.74) is -2.92. The monoisotopic (exact) mass is 275 g/mol. The van der Waals surface area contributed by atoms with Crippen molar-refractivity contribution in [3.8, 4) is 0 Å². The third-order valence-electron chi connectivity index (χ3n) is 1.94. The SMILES string of the molecule is CC(C)(C)OC(=O)N[C@@](C)(CO)C(=O)OC(C)(C)C. The van der Waals surface area contributed by atoms with Crippen molar-refractivity contribution in [3.63, 3.8) is 0 Å². The molecule has 0 saturated heterocycles. The van der Waals surface area contributed by atoms with Crippen molar-refractivity contribution >= 4 is 12.1 Å². The van der Waals surface area contributed by atoms with Gasteiger partial charge in [-0.15, -0.1) is 0 Å². The molecule has 6 nitrogen and oxygen atoms in total. The highest BCUT2D eigenvalue weighted by Gasteiger charge is 2.39. The molecule has 0 aromatic heterocycles. The van der Waals surface area contributed by atoms with Gasteiger partial charge < -0.3 is 19.9 Å². The summed E-state index contributed by atoms with van der Waals surface area (Å²) >= 11 is 0. The highest BCUT2D eigenvalue weighted by Crippen LogP contribution is 2.15. The minimum absolute atomic E-state index is 0.582. The molecule has 0 aromatic carbocycles. The smallest absolute Gasteiger partial charge is 0.408 e. The van der Waals surface area contributed by atoms with Crippen LogP contribution in [0.15, 0.2) is 0 Å². The summed E-state index contributed by atoms with van der Waals surface area (Å²) in [7, 11) is 0. The number of aliphatic hydroxyl groups excluding tert-OH is 1. The van der Waals surface area contributed by atoms with Gasteiger partial charge in [-0.05, 0) is 48.5 Å². The molecule has 0 spiro atoms. The van der Waals surface area contributed by atoms with Crippen LogP contribution in [-0.2, 0) is 14.3 Å². The normalized spacial score (nSPS) is 15.4. The lowest BCUT2D eigenvalue weighted by atomic mass is 10.0. The molecular formula is C13H25NO5. The molecule has 0 heterocycles. The van der Waals surface area contributed by atoms with Gasteiger partial charge in [0.15, 0.2) is 5.54 Å². The first-order chi connectivity index (χ1) is 8.29. The number of rotatable bonds is 3. The number of nitrogens with one attached hydrogen (secondary N) is 1. The fourth-order valence-electron chi connectivity index (χ4n) is 1.07. The highest BCUT2D eigenvalue weighted by molar-refractivity contribution is 5.85. The first-order valence-electron chi connectivity index (χ1n) is 6.14. The molecule has 0 fully saturated rings. The predicted octanol–water partition coefficient (Wildman–Crippen LogP) is 1.60. The number of carbonyl (C=O) groups is 2. The van der Waals surface area contributed by atoms with Gasteiger partial charge in [0.05, 0.1) is 6.61 Å². The summed E-state index contributed by atoms with van der Waals surface area (Å²) in [6.45, 7) is 11.0. The standard InChI is InChI=1S/C13H25NO5/c1-11(2,3)18-9(16)13(7,8-15)14-10(17)19-12(4,5)6/h15H,8H2,1-7H3,(H,14,17)/t13-/m0/s1. The largest absolute Gasteiger partial charge is 0.458 e. The second kappa shape index (κ2) is 5.77. The Morgan fingerprint density at radius 1 is 0.947 bits per heavy atom. The third-order valence-corrected chi connectivity index (χ3v) is 1.94. The van der Waals surface area contributed by atoms with Crippen molar-refractivity contribution in [2.45, 2.75) is 65.2 Å². The Hall–Kier alpha value is -1.30. The number of esters is 1. The Morgan fingerprint density at radius 3 is 1.68 bits per heavy atom. The zero-order chi connectivity index (χ0) is 15.5. The maximum atomic E-state index is 12.0. The van der Waals surface area contributed by atoms with E-state index in [1.165, 1.54) is 6.92 Å². The van der Waals surface area contributed by atoms with Crippen molar-refractivity contribution in [2.75, 3.05) is 6.61 Å². The lowest BCUT2D eigenvalue weighted by Gasteiger charge is -2.31. The van der Waals surface area contributed by atoms with Crippen LogP contribution in [0.1, 0.15) is 48.5 Å². The predicted molar refractivity (Wildman–Crippen MR) is 70.7 cm³/mol. The molecule has 0 rings (SSSR count). The van der Waals surface area contributed by atoms with Gasteiger partial charge in [-0.2, -0.15) is 0 Å². The van der Waals surface area contributed by atoms with Crippen LogP contribution in [0.5, 0.6) is 0 Å². The van der Waals surface area contributed by atoms with Crippen LogP contribution >= 0.6 is 0 Å². The van der Waals surface area contributed by atoms with Crippen molar-refractivity contribution < 1.29 is 24.2 Å². The van der Waals surface area contributed by atoms with Crippen LogP contribution in [0, 0.1) is 0 Å². The number of hydrogen-bond donors (Lipinski definition) is 2. The molecule has 0 aliphatic heterocycles. The second-order valence-corrected chi connectivity index (χ2v) is 6.62. The number of amides is 1. The average Bonchev–Trinajstić information content (AvgIpc) is 2.11. The fourth-order valence-corrected chi connectivity index (χ4v) is 1.07. The zero-order valence-corrected chi connectivity index (χ0v) is 12.8. The van der Waals surface area contributed by atoms with Crippen molar-refractivity contribution in [1.29, 1.82) is 0 Å². The van der Waals surface area contributed by atoms with Crippen LogP contribution in [0.4, 0.5) is 4.79 Å². The number of alkyl carbamates (subject to hydrolysis) is 1. The van der Waals surface area contributed by atoms with Gasteiger partial charge in [0.2, 0.25) is 0 Å². The molecule has 6 heteroatoms. The molecule has 0 bridgehead atoms. The highest BCUT2D eigenvalue weighted by atomic mass is 16.6. The van der Waals surface area contributed by atoms with Gasteiger partial charge in [-0.3, -0.25) is 0 Å².